The number of benzene rings is 2. The van der Waals surface area contributed by atoms with Crippen molar-refractivity contribution in [3.8, 4) is 0 Å². The summed E-state index contributed by atoms with van der Waals surface area (Å²) in [6.07, 6.45) is 0. The zero-order valence-corrected chi connectivity index (χ0v) is 12.3. The number of nitrogens with one attached hydrogen (secondary N) is 1. The Morgan fingerprint density at radius 1 is 1.17 bits per heavy atom. The van der Waals surface area contributed by atoms with Crippen molar-refractivity contribution < 1.29 is 9.18 Å². The molecule has 0 spiro atoms. The summed E-state index contributed by atoms with van der Waals surface area (Å²) in [4.78, 5) is 37.6. The molecule has 0 unspecified atom stereocenters. The highest BCUT2D eigenvalue weighted by molar-refractivity contribution is 5.94. The van der Waals surface area contributed by atoms with Crippen molar-refractivity contribution in [2.75, 3.05) is 0 Å². The fourth-order valence-corrected chi connectivity index (χ4v) is 2.52. The molecular formula is C17H13FN2O3. The second kappa shape index (κ2) is 5.64. The second-order valence-corrected chi connectivity index (χ2v) is 5.23. The fourth-order valence-electron chi connectivity index (χ4n) is 2.52. The van der Waals surface area contributed by atoms with Gasteiger partial charge in [0.1, 0.15) is 5.82 Å². The molecule has 0 aliphatic heterocycles. The second-order valence-electron chi connectivity index (χ2n) is 5.23. The normalized spacial score (nSPS) is 10.9. The number of ketones is 1. The molecule has 116 valence electrons. The Bertz CT molecular complexity index is 1030. The first-order valence-electron chi connectivity index (χ1n) is 6.98. The third-order valence-corrected chi connectivity index (χ3v) is 3.66. The summed E-state index contributed by atoms with van der Waals surface area (Å²) < 4.78 is 15.0. The maximum atomic E-state index is 13.6. The van der Waals surface area contributed by atoms with Crippen molar-refractivity contribution in [1.82, 2.24) is 9.55 Å². The molecule has 0 radical (unpaired) electrons. The molecule has 0 saturated heterocycles. The number of fused-ring (bicyclic) bond motifs is 1. The van der Waals surface area contributed by atoms with Crippen LogP contribution in [0.2, 0.25) is 0 Å². The summed E-state index contributed by atoms with van der Waals surface area (Å²) in [7, 11) is 0. The molecule has 1 N–H and O–H groups in total. The summed E-state index contributed by atoms with van der Waals surface area (Å²) in [6, 6.07) is 10.8. The van der Waals surface area contributed by atoms with Crippen molar-refractivity contribution in [3.05, 3.63) is 80.2 Å². The molecule has 1 aromatic heterocycles. The average molecular weight is 312 g/mol. The number of aromatic amines is 1. The SMILES string of the molecule is CC(=O)c1cc(Cn2c(=O)[nH]c(=O)c3ccccc32)ccc1F. The van der Waals surface area contributed by atoms with Crippen molar-refractivity contribution in [2.24, 2.45) is 0 Å². The number of aromatic nitrogens is 2. The standard InChI is InChI=1S/C17H13FN2O3/c1-10(21)13-8-11(6-7-14(13)18)9-20-15-5-3-2-4-12(15)16(22)19-17(20)23/h2-8H,9H2,1H3,(H,19,22,23). The number of rotatable bonds is 3. The smallest absolute Gasteiger partial charge is 0.294 e. The van der Waals surface area contributed by atoms with E-state index in [2.05, 4.69) is 4.98 Å². The van der Waals surface area contributed by atoms with Gasteiger partial charge in [0.15, 0.2) is 5.78 Å². The van der Waals surface area contributed by atoms with Gasteiger partial charge in [0.2, 0.25) is 0 Å². The van der Waals surface area contributed by atoms with Gasteiger partial charge >= 0.3 is 5.69 Å². The van der Waals surface area contributed by atoms with E-state index in [0.717, 1.165) is 0 Å². The zero-order valence-electron chi connectivity index (χ0n) is 12.3. The van der Waals surface area contributed by atoms with Crippen LogP contribution in [0.1, 0.15) is 22.8 Å². The van der Waals surface area contributed by atoms with Crippen LogP contribution in [0, 0.1) is 5.82 Å². The van der Waals surface area contributed by atoms with Gasteiger partial charge in [-0.25, -0.2) is 9.18 Å². The van der Waals surface area contributed by atoms with Crippen molar-refractivity contribution in [1.29, 1.82) is 0 Å². The molecule has 3 aromatic rings. The lowest BCUT2D eigenvalue weighted by atomic mass is 10.1. The Kier molecular flexibility index (Phi) is 3.65. The Balaban J connectivity index is 2.16. The third-order valence-electron chi connectivity index (χ3n) is 3.66. The number of H-pyrrole nitrogens is 1. The van der Waals surface area contributed by atoms with Crippen LogP contribution in [0.5, 0.6) is 0 Å². The van der Waals surface area contributed by atoms with Crippen LogP contribution in [0.15, 0.2) is 52.1 Å². The van der Waals surface area contributed by atoms with Crippen LogP contribution in [-0.2, 0) is 6.54 Å². The number of carbonyl (C=O) groups is 1. The van der Waals surface area contributed by atoms with Crippen molar-refractivity contribution in [3.63, 3.8) is 0 Å². The molecule has 23 heavy (non-hydrogen) atoms. The van der Waals surface area contributed by atoms with Crippen LogP contribution in [-0.4, -0.2) is 15.3 Å². The van der Waals surface area contributed by atoms with E-state index in [1.165, 1.54) is 29.7 Å². The summed E-state index contributed by atoms with van der Waals surface area (Å²) in [5.41, 5.74) is 0.0444. The number of halogens is 1. The largest absolute Gasteiger partial charge is 0.329 e. The highest BCUT2D eigenvalue weighted by atomic mass is 19.1. The average Bonchev–Trinajstić information content (AvgIpc) is 2.52. The summed E-state index contributed by atoms with van der Waals surface area (Å²) >= 11 is 0. The van der Waals surface area contributed by atoms with E-state index >= 15 is 0 Å². The molecule has 0 amide bonds. The van der Waals surface area contributed by atoms with Gasteiger partial charge in [-0.3, -0.25) is 19.1 Å². The molecule has 1 heterocycles. The van der Waals surface area contributed by atoms with E-state index in [4.69, 9.17) is 0 Å². The molecule has 0 atom stereocenters. The minimum atomic E-state index is -0.597. The van der Waals surface area contributed by atoms with Gasteiger partial charge in [0.05, 0.1) is 23.0 Å². The molecule has 2 aromatic carbocycles. The first-order valence-corrected chi connectivity index (χ1v) is 6.98. The first-order chi connectivity index (χ1) is 11.0. The maximum Gasteiger partial charge on any atom is 0.329 e. The zero-order chi connectivity index (χ0) is 16.6. The lowest BCUT2D eigenvalue weighted by Gasteiger charge is -2.10. The molecule has 6 heteroatoms. The van der Waals surface area contributed by atoms with E-state index in [1.807, 2.05) is 0 Å². The number of para-hydroxylation sites is 1. The predicted molar refractivity (Wildman–Crippen MR) is 84.3 cm³/mol. The summed E-state index contributed by atoms with van der Waals surface area (Å²) in [6.45, 7) is 1.40. The Morgan fingerprint density at radius 3 is 2.65 bits per heavy atom. The van der Waals surface area contributed by atoms with E-state index in [1.54, 1.807) is 24.3 Å². The lowest BCUT2D eigenvalue weighted by Crippen LogP contribution is -2.30. The number of hydrogen-bond donors (Lipinski definition) is 1. The Labute approximate surface area is 130 Å². The minimum Gasteiger partial charge on any atom is -0.294 e. The molecule has 3 rings (SSSR count). The molecule has 0 aliphatic rings. The van der Waals surface area contributed by atoms with Crippen LogP contribution in [0.4, 0.5) is 4.39 Å². The van der Waals surface area contributed by atoms with Crippen LogP contribution in [0.3, 0.4) is 0 Å². The summed E-state index contributed by atoms with van der Waals surface area (Å²) in [5, 5.41) is 0.390. The quantitative estimate of drug-likeness (QED) is 0.753. The van der Waals surface area contributed by atoms with Gasteiger partial charge in [-0.15, -0.1) is 0 Å². The molecule has 0 bridgehead atoms. The highest BCUT2D eigenvalue weighted by Gasteiger charge is 2.11. The topological polar surface area (TPSA) is 71.9 Å². The summed E-state index contributed by atoms with van der Waals surface area (Å²) in [5.74, 6) is -0.983. The van der Waals surface area contributed by atoms with Gasteiger partial charge in [0, 0.05) is 0 Å². The van der Waals surface area contributed by atoms with E-state index in [-0.39, 0.29) is 17.9 Å². The van der Waals surface area contributed by atoms with Crippen LogP contribution >= 0.6 is 0 Å². The lowest BCUT2D eigenvalue weighted by molar-refractivity contribution is 0.101. The van der Waals surface area contributed by atoms with Crippen LogP contribution < -0.4 is 11.2 Å². The Hall–Kier alpha value is -3.02. The molecule has 0 aliphatic carbocycles. The Morgan fingerprint density at radius 2 is 1.91 bits per heavy atom. The first kappa shape index (κ1) is 14.9. The van der Waals surface area contributed by atoms with E-state index in [9.17, 15) is 18.8 Å². The van der Waals surface area contributed by atoms with Gasteiger partial charge in [0.25, 0.3) is 5.56 Å². The predicted octanol–water partition coefficient (Wildman–Crippen LogP) is 2.08. The minimum absolute atomic E-state index is 0.0238. The number of carbonyl (C=O) groups excluding carboxylic acids is 1. The molecule has 5 nitrogen and oxygen atoms in total. The van der Waals surface area contributed by atoms with Gasteiger partial charge in [-0.1, -0.05) is 18.2 Å². The van der Waals surface area contributed by atoms with Gasteiger partial charge in [-0.05, 0) is 36.8 Å². The highest BCUT2D eigenvalue weighted by Crippen LogP contribution is 2.14. The molecule has 0 fully saturated rings. The number of hydrogen-bond acceptors (Lipinski definition) is 3. The molecular weight excluding hydrogens is 299 g/mol. The molecule has 0 saturated carbocycles. The van der Waals surface area contributed by atoms with E-state index in [0.29, 0.717) is 16.5 Å². The number of nitrogens with zero attached hydrogens (tertiary/aromatic N) is 1. The van der Waals surface area contributed by atoms with Crippen LogP contribution in [0.25, 0.3) is 10.9 Å². The van der Waals surface area contributed by atoms with Crippen molar-refractivity contribution in [2.45, 2.75) is 13.5 Å². The van der Waals surface area contributed by atoms with Gasteiger partial charge < -0.3 is 0 Å². The fraction of sp³-hybridized carbons (Fsp3) is 0.118. The van der Waals surface area contributed by atoms with Crippen molar-refractivity contribution >= 4 is 16.7 Å². The third kappa shape index (κ3) is 2.70. The number of Topliss-reactive ketones (excluding diaryl/α,β-unsaturated/α-hetero) is 1. The van der Waals surface area contributed by atoms with Gasteiger partial charge in [-0.2, -0.15) is 0 Å². The monoisotopic (exact) mass is 312 g/mol. The maximum absolute atomic E-state index is 13.6. The van der Waals surface area contributed by atoms with E-state index < -0.39 is 17.1 Å².